The Morgan fingerprint density at radius 1 is 1.09 bits per heavy atom. The van der Waals surface area contributed by atoms with E-state index in [2.05, 4.69) is 15.5 Å². The molecule has 1 unspecified atom stereocenters. The van der Waals surface area contributed by atoms with Crippen molar-refractivity contribution in [3.8, 4) is 0 Å². The number of aliphatic hydroxyl groups is 1. The smallest absolute Gasteiger partial charge is 0.255 e. The van der Waals surface area contributed by atoms with Gasteiger partial charge in [0, 0.05) is 36.6 Å². The number of anilines is 2. The van der Waals surface area contributed by atoms with Gasteiger partial charge in [0.2, 0.25) is 5.91 Å². The lowest BCUT2D eigenvalue weighted by atomic mass is 9.70. The van der Waals surface area contributed by atoms with Crippen LogP contribution in [0.1, 0.15) is 34.3 Å². The average molecular weight is 437 g/mol. The van der Waals surface area contributed by atoms with Gasteiger partial charge in [-0.15, -0.1) is 0 Å². The van der Waals surface area contributed by atoms with Gasteiger partial charge in [0.1, 0.15) is 6.73 Å². The van der Waals surface area contributed by atoms with Gasteiger partial charge in [-0.1, -0.05) is 6.07 Å². The summed E-state index contributed by atoms with van der Waals surface area (Å²) in [6, 6.07) is 13.3. The highest BCUT2D eigenvalue weighted by Crippen LogP contribution is 2.41. The predicted molar refractivity (Wildman–Crippen MR) is 126 cm³/mol. The van der Waals surface area contributed by atoms with Crippen molar-refractivity contribution in [2.24, 2.45) is 5.41 Å². The van der Waals surface area contributed by atoms with Gasteiger partial charge in [-0.05, 0) is 87.3 Å². The van der Waals surface area contributed by atoms with Crippen molar-refractivity contribution in [2.75, 3.05) is 50.7 Å². The molecular formula is C25H32N4O3. The van der Waals surface area contributed by atoms with Crippen molar-refractivity contribution in [2.45, 2.75) is 25.7 Å². The molecule has 1 saturated heterocycles. The summed E-state index contributed by atoms with van der Waals surface area (Å²) in [7, 11) is 4.00. The monoisotopic (exact) mass is 436 g/mol. The van der Waals surface area contributed by atoms with Gasteiger partial charge < -0.3 is 25.5 Å². The van der Waals surface area contributed by atoms with Crippen LogP contribution in [-0.2, 0) is 17.6 Å². The molecule has 2 aromatic rings. The lowest BCUT2D eigenvalue weighted by Gasteiger charge is -2.32. The minimum absolute atomic E-state index is 0.0579. The first kappa shape index (κ1) is 22.3. The zero-order chi connectivity index (χ0) is 22.7. The molecule has 0 bridgehead atoms. The number of hydrogen-bond acceptors (Lipinski definition) is 5. The minimum Gasteiger partial charge on any atom is -0.376 e. The van der Waals surface area contributed by atoms with E-state index in [-0.39, 0.29) is 24.0 Å². The second kappa shape index (κ2) is 9.30. The molecule has 32 heavy (non-hydrogen) atoms. The molecule has 1 spiro atoms. The van der Waals surface area contributed by atoms with E-state index in [9.17, 15) is 14.7 Å². The van der Waals surface area contributed by atoms with Gasteiger partial charge in [-0.2, -0.15) is 0 Å². The maximum absolute atomic E-state index is 12.8. The Hall–Kier alpha value is -2.90. The minimum atomic E-state index is -0.256. The van der Waals surface area contributed by atoms with Gasteiger partial charge in [-0.3, -0.25) is 9.59 Å². The number of carbonyl (C=O) groups is 2. The molecule has 170 valence electrons. The van der Waals surface area contributed by atoms with Crippen molar-refractivity contribution in [1.29, 1.82) is 0 Å². The second-order valence-corrected chi connectivity index (χ2v) is 9.16. The number of aryl methyl sites for hydroxylation is 1. The average Bonchev–Trinajstić information content (AvgIpc) is 3.13. The number of fused-ring (bicyclic) bond motifs is 1. The number of amides is 2. The molecule has 4 rings (SSSR count). The summed E-state index contributed by atoms with van der Waals surface area (Å²) in [6.45, 7) is 2.26. The third kappa shape index (κ3) is 4.64. The van der Waals surface area contributed by atoms with Crippen LogP contribution in [0.4, 0.5) is 11.4 Å². The van der Waals surface area contributed by atoms with Crippen molar-refractivity contribution in [3.63, 3.8) is 0 Å². The Labute approximate surface area is 189 Å². The summed E-state index contributed by atoms with van der Waals surface area (Å²) in [6.07, 6.45) is 3.31. The van der Waals surface area contributed by atoms with E-state index in [0.717, 1.165) is 50.0 Å². The maximum Gasteiger partial charge on any atom is 0.255 e. The first-order valence-electron chi connectivity index (χ1n) is 11.2. The second-order valence-electron chi connectivity index (χ2n) is 9.16. The van der Waals surface area contributed by atoms with E-state index in [1.54, 1.807) is 0 Å². The normalized spacial score (nSPS) is 19.7. The number of likely N-dealkylation sites (N-methyl/N-ethyl adjacent to an activating group) is 1. The third-order valence-electron chi connectivity index (χ3n) is 6.72. The predicted octanol–water partition coefficient (Wildman–Crippen LogP) is 2.25. The molecule has 0 saturated carbocycles. The quantitative estimate of drug-likeness (QED) is 0.580. The Morgan fingerprint density at radius 2 is 1.88 bits per heavy atom. The van der Waals surface area contributed by atoms with Crippen LogP contribution in [0.25, 0.3) is 0 Å². The molecule has 1 aliphatic carbocycles. The number of nitrogens with one attached hydrogen (secondary N) is 2. The maximum atomic E-state index is 12.8. The van der Waals surface area contributed by atoms with Crippen LogP contribution in [-0.4, -0.2) is 62.3 Å². The third-order valence-corrected chi connectivity index (χ3v) is 6.72. The lowest BCUT2D eigenvalue weighted by molar-refractivity contribution is -0.128. The van der Waals surface area contributed by atoms with Gasteiger partial charge in [0.15, 0.2) is 0 Å². The SMILES string of the molecule is CN(C)CCN(CO)c1ccc(NC(=O)c2ccc3c(c2)CCC2(CCNC2=O)C3)cc1. The van der Waals surface area contributed by atoms with Crippen LogP contribution >= 0.6 is 0 Å². The lowest BCUT2D eigenvalue weighted by Crippen LogP contribution is -2.36. The molecule has 1 atom stereocenters. The summed E-state index contributed by atoms with van der Waals surface area (Å²) in [5.41, 5.74) is 4.33. The topological polar surface area (TPSA) is 84.9 Å². The zero-order valence-electron chi connectivity index (χ0n) is 18.9. The van der Waals surface area contributed by atoms with E-state index >= 15 is 0 Å². The Kier molecular flexibility index (Phi) is 6.48. The van der Waals surface area contributed by atoms with E-state index in [0.29, 0.717) is 17.8 Å². The fraction of sp³-hybridized carbons (Fsp3) is 0.440. The van der Waals surface area contributed by atoms with E-state index in [1.807, 2.05) is 61.5 Å². The summed E-state index contributed by atoms with van der Waals surface area (Å²) < 4.78 is 0. The first-order valence-corrected chi connectivity index (χ1v) is 11.2. The van der Waals surface area contributed by atoms with Crippen LogP contribution in [0.5, 0.6) is 0 Å². The molecule has 3 N–H and O–H groups in total. The highest BCUT2D eigenvalue weighted by molar-refractivity contribution is 6.04. The highest BCUT2D eigenvalue weighted by Gasteiger charge is 2.44. The summed E-state index contributed by atoms with van der Waals surface area (Å²) >= 11 is 0. The Morgan fingerprint density at radius 3 is 2.53 bits per heavy atom. The molecule has 0 aromatic heterocycles. The molecule has 1 heterocycles. The number of nitrogens with zero attached hydrogens (tertiary/aromatic N) is 2. The van der Waals surface area contributed by atoms with Crippen LogP contribution in [0.2, 0.25) is 0 Å². The number of aliphatic hydroxyl groups excluding tert-OH is 1. The largest absolute Gasteiger partial charge is 0.376 e. The molecule has 0 radical (unpaired) electrons. The van der Waals surface area contributed by atoms with Crippen molar-refractivity contribution in [1.82, 2.24) is 10.2 Å². The summed E-state index contributed by atoms with van der Waals surface area (Å²) in [5.74, 6) is 0.0287. The molecule has 2 aliphatic rings. The first-order chi connectivity index (χ1) is 15.4. The standard InChI is InChI=1S/C25H32N4O3/c1-28(2)13-14-29(17-30)22-7-5-21(6-8-22)27-23(31)19-3-4-20-16-25(10-9-18(20)15-19)11-12-26-24(25)32/h3-8,15,30H,9-14,16-17H2,1-2H3,(H,26,32)(H,27,31). The van der Waals surface area contributed by atoms with Gasteiger partial charge in [-0.25, -0.2) is 0 Å². The molecular weight excluding hydrogens is 404 g/mol. The van der Waals surface area contributed by atoms with Crippen molar-refractivity contribution < 1.29 is 14.7 Å². The van der Waals surface area contributed by atoms with Crippen LogP contribution in [0.3, 0.4) is 0 Å². The van der Waals surface area contributed by atoms with Crippen molar-refractivity contribution >= 4 is 23.2 Å². The van der Waals surface area contributed by atoms with Gasteiger partial charge >= 0.3 is 0 Å². The number of benzene rings is 2. The van der Waals surface area contributed by atoms with Crippen LogP contribution in [0, 0.1) is 5.41 Å². The molecule has 2 aromatic carbocycles. The molecule has 1 aliphatic heterocycles. The van der Waals surface area contributed by atoms with Crippen LogP contribution < -0.4 is 15.5 Å². The van der Waals surface area contributed by atoms with Crippen LogP contribution in [0.15, 0.2) is 42.5 Å². The van der Waals surface area contributed by atoms with E-state index < -0.39 is 0 Å². The molecule has 7 nitrogen and oxygen atoms in total. The number of hydrogen-bond donors (Lipinski definition) is 3. The van der Waals surface area contributed by atoms with Gasteiger partial charge in [0.05, 0.1) is 5.41 Å². The summed E-state index contributed by atoms with van der Waals surface area (Å²) in [4.78, 5) is 29.1. The highest BCUT2D eigenvalue weighted by atomic mass is 16.3. The van der Waals surface area contributed by atoms with E-state index in [1.165, 1.54) is 5.56 Å². The molecule has 7 heteroatoms. The fourth-order valence-corrected chi connectivity index (χ4v) is 4.68. The molecule has 1 fully saturated rings. The number of carbonyl (C=O) groups excluding carboxylic acids is 2. The van der Waals surface area contributed by atoms with Crippen molar-refractivity contribution in [3.05, 3.63) is 59.2 Å². The Bertz CT molecular complexity index is 989. The van der Waals surface area contributed by atoms with E-state index in [4.69, 9.17) is 0 Å². The zero-order valence-corrected chi connectivity index (χ0v) is 18.9. The molecule has 2 amide bonds. The van der Waals surface area contributed by atoms with Gasteiger partial charge in [0.25, 0.3) is 5.91 Å². The fourth-order valence-electron chi connectivity index (χ4n) is 4.68. The summed E-state index contributed by atoms with van der Waals surface area (Å²) in [5, 5.41) is 15.6. The number of rotatable bonds is 7. The Balaban J connectivity index is 1.41.